The van der Waals surface area contributed by atoms with Gasteiger partial charge in [-0.3, -0.25) is 0 Å². The minimum Gasteiger partial charge on any atom is -0.870 e. The third-order valence-electron chi connectivity index (χ3n) is 10.5. The largest absolute Gasteiger partial charge is 1.00 e. The van der Waals surface area contributed by atoms with Crippen LogP contribution in [0.3, 0.4) is 0 Å². The first-order valence-electron chi connectivity index (χ1n) is 19.4. The number of aryl methyl sites for hydroxylation is 2. The van der Waals surface area contributed by atoms with Crippen LogP contribution in [-0.2, 0) is 30.0 Å². The van der Waals surface area contributed by atoms with Crippen LogP contribution in [0, 0.1) is 17.5 Å². The molecule has 2 aromatic heterocycles. The zero-order valence-corrected chi connectivity index (χ0v) is 39.1. The van der Waals surface area contributed by atoms with Crippen molar-refractivity contribution in [3.05, 3.63) is 197 Å². The average molecular weight is 1000 g/mol. The molecule has 0 aliphatic heterocycles. The van der Waals surface area contributed by atoms with Gasteiger partial charge in [0.05, 0.1) is 30.9 Å². The molecule has 9 rings (SSSR count). The van der Waals surface area contributed by atoms with Gasteiger partial charge in [0.25, 0.3) is 0 Å². The molecule has 0 spiro atoms. The Labute approximate surface area is 405 Å². The molecule has 0 radical (unpaired) electrons. The Kier molecular flexibility index (Phi) is 19.8. The molecule has 0 saturated heterocycles. The van der Waals surface area contributed by atoms with E-state index < -0.39 is 5.97 Å². The summed E-state index contributed by atoms with van der Waals surface area (Å²) in [5.74, 6) is -2.41. The van der Waals surface area contributed by atoms with Crippen molar-refractivity contribution < 1.29 is 71.9 Å². The molecule has 0 fully saturated rings. The van der Waals surface area contributed by atoms with Crippen molar-refractivity contribution in [3.63, 3.8) is 0 Å². The van der Waals surface area contributed by atoms with E-state index in [0.717, 1.165) is 72.7 Å². The molecule has 4 N–H and O–H groups in total. The van der Waals surface area contributed by atoms with Gasteiger partial charge in [0.1, 0.15) is 17.5 Å². The fraction of sp³-hybridized carbons (Fsp3) is 0.118. The van der Waals surface area contributed by atoms with Crippen molar-refractivity contribution >= 4 is 67.9 Å². The molecule has 15 heteroatoms. The maximum Gasteiger partial charge on any atom is 1.00 e. The van der Waals surface area contributed by atoms with Gasteiger partial charge in [-0.05, 0) is 118 Å². The van der Waals surface area contributed by atoms with Gasteiger partial charge in [-0.1, -0.05) is 83.3 Å². The number of hydrogen-bond donors (Lipinski definition) is 1. The van der Waals surface area contributed by atoms with Gasteiger partial charge in [0.2, 0.25) is 0 Å². The Hall–Kier alpha value is -6.41. The molecular weight excluding hydrogens is 959 g/mol. The second-order valence-corrected chi connectivity index (χ2v) is 14.3. The molecule has 1 aliphatic carbocycles. The van der Waals surface area contributed by atoms with Crippen LogP contribution in [0.2, 0.25) is 0 Å². The van der Waals surface area contributed by atoms with Gasteiger partial charge in [0, 0.05) is 59.4 Å². The molecule has 336 valence electrons. The van der Waals surface area contributed by atoms with E-state index in [1.807, 2.05) is 58.8 Å². The minimum absolute atomic E-state index is 0. The van der Waals surface area contributed by atoms with E-state index in [1.165, 1.54) is 50.6 Å². The van der Waals surface area contributed by atoms with Crippen LogP contribution in [-0.4, -0.2) is 62.3 Å². The fourth-order valence-electron chi connectivity index (χ4n) is 7.36. The standard InChI is InChI=1S/C17H14FNO2.C17H13FO2.C16H12FNO2.CH3I.Li.2H2O/c1-19-10-15(11-3-6-13(18)7-4-11)14-8-5-12(9-16(14)19)17(20)21-2;1-20-17(19)13-5-9-16-12(10-13)4-8-15(16)11-2-6-14(18)7-3-11;1-18-9-14(10-2-5-12(17)6-3-10)13-7-4-11(16(19)20)8-15(13)18;1-2;;;/h3-10H,1-2H3;2-3,5-10H,4H2,1H3;2-9H,1H3,(H,19,20);1H3;;2*1H2/q;;;;+1;;/p-1. The molecule has 0 unspecified atom stereocenters. The number of benzene rings is 6. The van der Waals surface area contributed by atoms with E-state index in [-0.39, 0.29) is 64.8 Å². The molecule has 0 saturated carbocycles. The predicted molar refractivity (Wildman–Crippen MR) is 255 cm³/mol. The maximum atomic E-state index is 13.0. The van der Waals surface area contributed by atoms with Gasteiger partial charge < -0.3 is 34.7 Å². The summed E-state index contributed by atoms with van der Waals surface area (Å²) in [5.41, 5.74) is 11.1. The topological polar surface area (TPSA) is 161 Å². The van der Waals surface area contributed by atoms with Crippen LogP contribution in [0.5, 0.6) is 0 Å². The quantitative estimate of drug-likeness (QED) is 0.0762. The van der Waals surface area contributed by atoms with Gasteiger partial charge in [-0.25, -0.2) is 27.6 Å². The Morgan fingerprint density at radius 1 is 0.561 bits per heavy atom. The van der Waals surface area contributed by atoms with Gasteiger partial charge in [0.15, 0.2) is 0 Å². The van der Waals surface area contributed by atoms with E-state index in [0.29, 0.717) is 11.1 Å². The molecule has 1 aliphatic rings. The zero-order chi connectivity index (χ0) is 45.4. The molecule has 0 amide bonds. The number of hydrogen-bond acceptors (Lipinski definition) is 6. The normalized spacial score (nSPS) is 10.7. The van der Waals surface area contributed by atoms with Gasteiger partial charge >= 0.3 is 36.8 Å². The van der Waals surface area contributed by atoms with Gasteiger partial charge in [-0.2, -0.15) is 0 Å². The summed E-state index contributed by atoms with van der Waals surface area (Å²) in [7, 11) is 6.51. The third kappa shape index (κ3) is 12.1. The number of aromatic nitrogens is 2. The minimum atomic E-state index is -0.948. The number of esters is 2. The number of allylic oxidation sites excluding steroid dienone is 1. The average Bonchev–Trinajstić information content (AvgIpc) is 3.99. The summed E-state index contributed by atoms with van der Waals surface area (Å²) >= 11 is 2.15. The van der Waals surface area contributed by atoms with Crippen LogP contribution in [0.1, 0.15) is 47.8 Å². The van der Waals surface area contributed by atoms with E-state index in [1.54, 1.807) is 72.8 Å². The molecule has 66 heavy (non-hydrogen) atoms. The smallest absolute Gasteiger partial charge is 0.870 e. The molecule has 6 aromatic carbocycles. The van der Waals surface area contributed by atoms with E-state index >= 15 is 0 Å². The second kappa shape index (κ2) is 24.2. The summed E-state index contributed by atoms with van der Waals surface area (Å²) in [5, 5.41) is 11.0. The number of carboxylic acid groups (broad SMARTS) is 1. The zero-order valence-electron chi connectivity index (χ0n) is 36.9. The van der Waals surface area contributed by atoms with E-state index in [9.17, 15) is 27.6 Å². The van der Waals surface area contributed by atoms with Crippen LogP contribution in [0.25, 0.3) is 49.6 Å². The van der Waals surface area contributed by atoms with Gasteiger partial charge in [-0.15, -0.1) is 0 Å². The first-order chi connectivity index (χ1) is 30.3. The molecule has 2 heterocycles. The van der Waals surface area contributed by atoms with Crippen molar-refractivity contribution in [3.8, 4) is 22.3 Å². The Morgan fingerprint density at radius 3 is 1.36 bits per heavy atom. The third-order valence-corrected chi connectivity index (χ3v) is 10.5. The number of carbonyl (C=O) groups excluding carboxylic acids is 2. The number of rotatable bonds is 6. The van der Waals surface area contributed by atoms with Crippen molar-refractivity contribution in [1.82, 2.24) is 9.13 Å². The number of ether oxygens (including phenoxy) is 2. The number of nitrogens with zero attached hydrogens (tertiary/aromatic N) is 2. The van der Waals surface area contributed by atoms with Crippen molar-refractivity contribution in [2.75, 3.05) is 19.2 Å². The monoisotopic (exact) mass is 1000 g/mol. The van der Waals surface area contributed by atoms with Crippen LogP contribution < -0.4 is 18.9 Å². The van der Waals surface area contributed by atoms with Crippen LogP contribution in [0.15, 0.2) is 146 Å². The van der Waals surface area contributed by atoms with Crippen LogP contribution in [0.4, 0.5) is 13.2 Å². The summed E-state index contributed by atoms with van der Waals surface area (Å²) in [4.78, 5) is 36.1. The number of methoxy groups -OCH3 is 2. The number of alkyl halides is 1. The molecule has 0 atom stereocenters. The number of fused-ring (bicyclic) bond motifs is 3. The summed E-state index contributed by atoms with van der Waals surface area (Å²) in [6, 6.07) is 35.1. The number of aromatic carboxylic acids is 1. The molecular formula is C51H45F3ILiN2O8. The first kappa shape index (κ1) is 53.9. The molecule has 10 nitrogen and oxygen atoms in total. The second-order valence-electron chi connectivity index (χ2n) is 14.3. The predicted octanol–water partition coefficient (Wildman–Crippen LogP) is 8.11. The van der Waals surface area contributed by atoms with E-state index in [4.69, 9.17) is 14.6 Å². The molecule has 0 bridgehead atoms. The van der Waals surface area contributed by atoms with Crippen molar-refractivity contribution in [2.45, 2.75) is 6.42 Å². The Balaban J connectivity index is 0.000000252. The first-order valence-corrected chi connectivity index (χ1v) is 21.6. The Bertz CT molecular complexity index is 2990. The summed E-state index contributed by atoms with van der Waals surface area (Å²) < 4.78 is 52.3. The SMILES string of the molecule is CI.COC(=O)c1ccc2c(-c3ccc(F)cc3)cn(C)c2c1.COC(=O)c1ccc2c(c1)CC=C2c1ccc(F)cc1.Cn1cc(-c2ccc(F)cc2)c2ccc(C(=O)O)cc21.O.[Li+].[OH-]. The van der Waals surface area contributed by atoms with Crippen LogP contribution >= 0.6 is 22.6 Å². The fourth-order valence-corrected chi connectivity index (χ4v) is 7.36. The summed E-state index contributed by atoms with van der Waals surface area (Å²) in [6.07, 6.45) is 6.76. The van der Waals surface area contributed by atoms with Crippen molar-refractivity contribution in [1.29, 1.82) is 0 Å². The van der Waals surface area contributed by atoms with Crippen molar-refractivity contribution in [2.24, 2.45) is 14.1 Å². The number of carboxylic acids is 1. The Morgan fingerprint density at radius 2 is 0.939 bits per heavy atom. The maximum absolute atomic E-state index is 13.0. The summed E-state index contributed by atoms with van der Waals surface area (Å²) in [6.45, 7) is 0. The number of halogens is 4. The van der Waals surface area contributed by atoms with E-state index in [2.05, 4.69) is 28.7 Å². The number of carbonyl (C=O) groups is 3. The molecule has 8 aromatic rings.